The first kappa shape index (κ1) is 16.3. The first-order chi connectivity index (χ1) is 11.6. The largest absolute Gasteiger partial charge is 0.465 e. The molecule has 6 heteroatoms. The molecule has 0 fully saturated rings. The van der Waals surface area contributed by atoms with E-state index in [0.717, 1.165) is 15.6 Å². The fourth-order valence-electron chi connectivity index (χ4n) is 2.29. The third-order valence-electron chi connectivity index (χ3n) is 3.41. The lowest BCUT2D eigenvalue weighted by molar-refractivity contribution is 0.0603. The summed E-state index contributed by atoms with van der Waals surface area (Å²) in [6.45, 7) is 1.90. The minimum atomic E-state index is -0.397. The molecule has 0 spiro atoms. The maximum Gasteiger partial charge on any atom is 0.338 e. The number of rotatable bonds is 3. The second kappa shape index (κ2) is 6.88. The van der Waals surface area contributed by atoms with Gasteiger partial charge in [0.2, 0.25) is 0 Å². The van der Waals surface area contributed by atoms with Gasteiger partial charge < -0.3 is 4.74 Å². The Labute approximate surface area is 147 Å². The molecule has 0 saturated heterocycles. The quantitative estimate of drug-likeness (QED) is 0.638. The average Bonchev–Trinajstić information content (AvgIpc) is 2.58. The molecule has 5 nitrogen and oxygen atoms in total. The van der Waals surface area contributed by atoms with Gasteiger partial charge in [-0.1, -0.05) is 22.0 Å². The van der Waals surface area contributed by atoms with Crippen molar-refractivity contribution < 1.29 is 9.53 Å². The zero-order valence-corrected chi connectivity index (χ0v) is 14.7. The Morgan fingerprint density at radius 2 is 2.00 bits per heavy atom. The van der Waals surface area contributed by atoms with Crippen molar-refractivity contribution in [2.24, 2.45) is 0 Å². The Hall–Kier alpha value is -2.60. The molecule has 1 aromatic carbocycles. The zero-order chi connectivity index (χ0) is 17.1. The molecule has 24 heavy (non-hydrogen) atoms. The minimum absolute atomic E-state index is 0.397. The van der Waals surface area contributed by atoms with Gasteiger partial charge in [-0.3, -0.25) is 0 Å². The molecule has 0 bridgehead atoms. The Bertz CT molecular complexity index is 954. The average molecular weight is 384 g/mol. The molecule has 0 atom stereocenters. The van der Waals surface area contributed by atoms with Crippen molar-refractivity contribution in [1.29, 1.82) is 0 Å². The van der Waals surface area contributed by atoms with Gasteiger partial charge >= 0.3 is 5.97 Å². The van der Waals surface area contributed by atoms with E-state index in [1.54, 1.807) is 24.4 Å². The smallest absolute Gasteiger partial charge is 0.338 e. The van der Waals surface area contributed by atoms with Gasteiger partial charge in [-0.15, -0.1) is 0 Å². The summed E-state index contributed by atoms with van der Waals surface area (Å²) < 4.78 is 5.77. The fraction of sp³-hybridized carbons (Fsp3) is 0.111. The monoisotopic (exact) mass is 383 g/mol. The third kappa shape index (κ3) is 3.49. The molecule has 0 aliphatic rings. The van der Waals surface area contributed by atoms with Gasteiger partial charge in [0.15, 0.2) is 5.82 Å². The highest BCUT2D eigenvalue weighted by Crippen LogP contribution is 2.23. The van der Waals surface area contributed by atoms with Crippen LogP contribution >= 0.6 is 15.9 Å². The van der Waals surface area contributed by atoms with Crippen molar-refractivity contribution in [3.63, 3.8) is 0 Å². The van der Waals surface area contributed by atoms with Crippen LogP contribution in [-0.2, 0) is 4.74 Å². The molecule has 0 radical (unpaired) electrons. The Balaban J connectivity index is 2.09. The summed E-state index contributed by atoms with van der Waals surface area (Å²) in [7, 11) is 1.36. The first-order valence-corrected chi connectivity index (χ1v) is 8.02. The number of benzene rings is 1. The normalized spacial score (nSPS) is 11.1. The number of methoxy groups -OCH3 is 1. The molecule has 0 N–H and O–H groups in total. The van der Waals surface area contributed by atoms with E-state index in [1.165, 1.54) is 7.11 Å². The van der Waals surface area contributed by atoms with Crippen LogP contribution in [0, 0.1) is 6.92 Å². The number of hydrogen-bond acceptors (Lipinski definition) is 5. The van der Waals surface area contributed by atoms with Gasteiger partial charge in [0.25, 0.3) is 0 Å². The van der Waals surface area contributed by atoms with Crippen LogP contribution in [0.4, 0.5) is 0 Å². The highest BCUT2D eigenvalue weighted by atomic mass is 79.9. The van der Waals surface area contributed by atoms with Crippen LogP contribution in [0.25, 0.3) is 23.1 Å². The summed E-state index contributed by atoms with van der Waals surface area (Å²) in [4.78, 5) is 25.1. The van der Waals surface area contributed by atoms with Crippen LogP contribution < -0.4 is 0 Å². The molecule has 120 valence electrons. The van der Waals surface area contributed by atoms with E-state index in [2.05, 4.69) is 30.9 Å². The molecule has 0 saturated carbocycles. The molecule has 2 aromatic heterocycles. The molecule has 0 aliphatic carbocycles. The molecule has 0 aliphatic heterocycles. The van der Waals surface area contributed by atoms with E-state index in [0.29, 0.717) is 22.6 Å². The lowest BCUT2D eigenvalue weighted by Crippen LogP contribution is -2.04. The van der Waals surface area contributed by atoms with E-state index in [-0.39, 0.29) is 0 Å². The number of pyridine rings is 1. The Kier molecular flexibility index (Phi) is 4.66. The lowest BCUT2D eigenvalue weighted by atomic mass is 10.1. The van der Waals surface area contributed by atoms with Gasteiger partial charge in [0.05, 0.1) is 23.9 Å². The number of carbonyl (C=O) groups is 1. The van der Waals surface area contributed by atoms with Crippen molar-refractivity contribution in [3.8, 4) is 0 Å². The van der Waals surface area contributed by atoms with E-state index >= 15 is 0 Å². The van der Waals surface area contributed by atoms with Crippen molar-refractivity contribution >= 4 is 45.0 Å². The van der Waals surface area contributed by atoms with E-state index < -0.39 is 5.97 Å². The predicted octanol–water partition coefficient (Wildman–Crippen LogP) is 4.05. The van der Waals surface area contributed by atoms with Crippen LogP contribution in [-0.4, -0.2) is 28.0 Å². The van der Waals surface area contributed by atoms with Crippen LogP contribution in [0.3, 0.4) is 0 Å². The van der Waals surface area contributed by atoms with Crippen LogP contribution in [0.15, 0.2) is 41.0 Å². The van der Waals surface area contributed by atoms with Crippen LogP contribution in [0.2, 0.25) is 0 Å². The van der Waals surface area contributed by atoms with E-state index in [9.17, 15) is 4.79 Å². The summed E-state index contributed by atoms with van der Waals surface area (Å²) >= 11 is 3.43. The van der Waals surface area contributed by atoms with Crippen molar-refractivity contribution in [3.05, 3.63) is 63.8 Å². The van der Waals surface area contributed by atoms with Gasteiger partial charge in [-0.05, 0) is 43.3 Å². The highest BCUT2D eigenvalue weighted by molar-refractivity contribution is 9.10. The van der Waals surface area contributed by atoms with E-state index in [1.807, 2.05) is 31.2 Å². The number of aryl methyl sites for hydroxylation is 1. The number of ether oxygens (including phenoxy) is 1. The molecule has 0 unspecified atom stereocenters. The summed E-state index contributed by atoms with van der Waals surface area (Å²) in [6.07, 6.45) is 5.24. The van der Waals surface area contributed by atoms with Gasteiger partial charge in [-0.25, -0.2) is 19.7 Å². The van der Waals surface area contributed by atoms with Gasteiger partial charge in [0.1, 0.15) is 0 Å². The summed E-state index contributed by atoms with van der Waals surface area (Å²) in [5.41, 5.74) is 2.69. The number of carbonyl (C=O) groups excluding carboxylic acids is 1. The number of esters is 1. The summed E-state index contributed by atoms with van der Waals surface area (Å²) in [6, 6.07) is 9.11. The summed E-state index contributed by atoms with van der Waals surface area (Å²) in [5, 5.41) is 0.744. The Morgan fingerprint density at radius 1 is 1.17 bits per heavy atom. The second-order valence-electron chi connectivity index (χ2n) is 5.14. The topological polar surface area (TPSA) is 65.0 Å². The maximum atomic E-state index is 12.1. The standard InChI is InChI=1S/C18H14BrN3O2/c1-11-7-8-20-17(21-11)6-4-13-10-15(18(23)24-2)14-5-3-12(19)9-16(14)22-13/h3-10H,1-2H3/b6-4+. The number of halogens is 1. The SMILES string of the molecule is COC(=O)c1cc(/C=C/c2nccc(C)n2)nc2cc(Br)ccc12. The molecular weight excluding hydrogens is 370 g/mol. The molecule has 0 amide bonds. The third-order valence-corrected chi connectivity index (χ3v) is 3.91. The van der Waals surface area contributed by atoms with Crippen molar-refractivity contribution in [1.82, 2.24) is 15.0 Å². The first-order valence-electron chi connectivity index (χ1n) is 7.23. The van der Waals surface area contributed by atoms with Gasteiger partial charge in [0, 0.05) is 21.7 Å². The van der Waals surface area contributed by atoms with Crippen molar-refractivity contribution in [2.75, 3.05) is 7.11 Å². The Morgan fingerprint density at radius 3 is 2.75 bits per heavy atom. The highest BCUT2D eigenvalue weighted by Gasteiger charge is 2.13. The number of aromatic nitrogens is 3. The lowest BCUT2D eigenvalue weighted by Gasteiger charge is -2.07. The number of nitrogens with zero attached hydrogens (tertiary/aromatic N) is 3. The van der Waals surface area contributed by atoms with E-state index in [4.69, 9.17) is 4.74 Å². The van der Waals surface area contributed by atoms with Crippen molar-refractivity contribution in [2.45, 2.75) is 6.92 Å². The number of fused-ring (bicyclic) bond motifs is 1. The van der Waals surface area contributed by atoms with Crippen LogP contribution in [0.1, 0.15) is 27.6 Å². The predicted molar refractivity (Wildman–Crippen MR) is 96.5 cm³/mol. The summed E-state index contributed by atoms with van der Waals surface area (Å²) in [5.74, 6) is 0.192. The minimum Gasteiger partial charge on any atom is -0.465 e. The maximum absolute atomic E-state index is 12.1. The zero-order valence-electron chi connectivity index (χ0n) is 13.2. The second-order valence-corrected chi connectivity index (χ2v) is 6.05. The number of hydrogen-bond donors (Lipinski definition) is 0. The van der Waals surface area contributed by atoms with Gasteiger partial charge in [-0.2, -0.15) is 0 Å². The molecule has 3 aromatic rings. The molecule has 3 rings (SSSR count). The molecule has 2 heterocycles. The molecular formula is C18H14BrN3O2. The van der Waals surface area contributed by atoms with Crippen LogP contribution in [0.5, 0.6) is 0 Å². The fourth-order valence-corrected chi connectivity index (χ4v) is 2.64.